The minimum atomic E-state index is 0.0866. The molecule has 3 heterocycles. The van der Waals surface area contributed by atoms with Crippen LogP contribution in [0.4, 0.5) is 11.9 Å². The van der Waals surface area contributed by atoms with Crippen molar-refractivity contribution in [2.24, 2.45) is 0 Å². The minimum absolute atomic E-state index is 0.0866. The molecule has 33 heavy (non-hydrogen) atoms. The fraction of sp³-hybridized carbons (Fsp3) is 0.160. The second-order valence-corrected chi connectivity index (χ2v) is 7.63. The van der Waals surface area contributed by atoms with E-state index in [0.29, 0.717) is 11.9 Å². The summed E-state index contributed by atoms with van der Waals surface area (Å²) in [6.07, 6.45) is 5.30. The van der Waals surface area contributed by atoms with E-state index in [0.717, 1.165) is 34.7 Å². The summed E-state index contributed by atoms with van der Waals surface area (Å²) in [4.78, 5) is 22.5. The molecule has 8 nitrogen and oxygen atoms in total. The van der Waals surface area contributed by atoms with Crippen molar-refractivity contribution in [3.63, 3.8) is 0 Å². The maximum absolute atomic E-state index is 4.72. The van der Waals surface area contributed by atoms with E-state index in [9.17, 15) is 0 Å². The molecule has 0 saturated heterocycles. The van der Waals surface area contributed by atoms with Crippen LogP contribution in [0.5, 0.6) is 0 Å². The summed E-state index contributed by atoms with van der Waals surface area (Å²) in [7, 11) is 0. The molecule has 0 aliphatic rings. The van der Waals surface area contributed by atoms with Crippen LogP contribution in [-0.2, 0) is 0 Å². The molecule has 1 unspecified atom stereocenters. The van der Waals surface area contributed by atoms with Gasteiger partial charge in [-0.15, -0.1) is 0 Å². The molecule has 5 rings (SSSR count). The van der Waals surface area contributed by atoms with E-state index in [1.54, 1.807) is 18.7 Å². The topological polar surface area (TPSA) is 93.4 Å². The van der Waals surface area contributed by atoms with Crippen molar-refractivity contribution in [3.8, 4) is 17.1 Å². The van der Waals surface area contributed by atoms with Gasteiger partial charge < -0.3 is 10.6 Å². The molecule has 2 N–H and O–H groups in total. The van der Waals surface area contributed by atoms with Crippen LogP contribution < -0.4 is 10.6 Å². The van der Waals surface area contributed by atoms with Crippen molar-refractivity contribution >= 4 is 22.9 Å². The zero-order valence-corrected chi connectivity index (χ0v) is 18.5. The van der Waals surface area contributed by atoms with Gasteiger partial charge in [0.15, 0.2) is 0 Å². The SMILES string of the molecule is CCNc1nccc(-c2ccc3c(c2)ncn3-c2ccnc(NC(C)c3ccccc3)n2)n1. The lowest BCUT2D eigenvalue weighted by molar-refractivity contribution is 0.854. The predicted octanol–water partition coefficient (Wildman–Crippen LogP) is 4.88. The van der Waals surface area contributed by atoms with E-state index in [1.165, 1.54) is 5.56 Å². The fourth-order valence-electron chi connectivity index (χ4n) is 3.69. The number of anilines is 2. The monoisotopic (exact) mass is 436 g/mol. The van der Waals surface area contributed by atoms with Crippen LogP contribution in [0.15, 0.2) is 79.4 Å². The van der Waals surface area contributed by atoms with Crippen molar-refractivity contribution in [1.82, 2.24) is 29.5 Å². The van der Waals surface area contributed by atoms with Gasteiger partial charge in [0.05, 0.1) is 22.8 Å². The summed E-state index contributed by atoms with van der Waals surface area (Å²) in [5, 5.41) is 6.53. The maximum Gasteiger partial charge on any atom is 0.225 e. The van der Waals surface area contributed by atoms with Gasteiger partial charge in [0.25, 0.3) is 0 Å². The first-order chi connectivity index (χ1) is 16.2. The Bertz CT molecular complexity index is 1380. The van der Waals surface area contributed by atoms with Gasteiger partial charge in [-0.05, 0) is 43.7 Å². The van der Waals surface area contributed by atoms with Crippen LogP contribution in [0.3, 0.4) is 0 Å². The Morgan fingerprint density at radius 1 is 0.879 bits per heavy atom. The zero-order chi connectivity index (χ0) is 22.6. The molecular formula is C25H24N8. The van der Waals surface area contributed by atoms with Gasteiger partial charge in [0, 0.05) is 24.5 Å². The number of benzene rings is 2. The van der Waals surface area contributed by atoms with Gasteiger partial charge in [-0.25, -0.2) is 19.9 Å². The molecule has 0 radical (unpaired) electrons. The number of rotatable bonds is 7. The fourth-order valence-corrected chi connectivity index (χ4v) is 3.69. The highest BCUT2D eigenvalue weighted by Crippen LogP contribution is 2.25. The Balaban J connectivity index is 1.43. The van der Waals surface area contributed by atoms with Gasteiger partial charge in [0.2, 0.25) is 11.9 Å². The molecule has 0 aliphatic heterocycles. The number of nitrogens with one attached hydrogen (secondary N) is 2. The Kier molecular flexibility index (Phi) is 5.63. The van der Waals surface area contributed by atoms with E-state index >= 15 is 0 Å². The van der Waals surface area contributed by atoms with E-state index < -0.39 is 0 Å². The largest absolute Gasteiger partial charge is 0.354 e. The van der Waals surface area contributed by atoms with Crippen molar-refractivity contribution in [2.45, 2.75) is 19.9 Å². The van der Waals surface area contributed by atoms with Crippen LogP contribution in [0.1, 0.15) is 25.5 Å². The highest BCUT2D eigenvalue weighted by atomic mass is 15.2. The summed E-state index contributed by atoms with van der Waals surface area (Å²) in [5.41, 5.74) is 4.83. The third kappa shape index (κ3) is 4.36. The Hall–Kier alpha value is -4.33. The van der Waals surface area contributed by atoms with Crippen molar-refractivity contribution in [3.05, 3.63) is 84.9 Å². The molecule has 8 heteroatoms. The minimum Gasteiger partial charge on any atom is -0.354 e. The number of aromatic nitrogens is 6. The Labute approximate surface area is 191 Å². The van der Waals surface area contributed by atoms with E-state index in [4.69, 9.17) is 4.98 Å². The first kappa shape index (κ1) is 20.6. The van der Waals surface area contributed by atoms with Crippen LogP contribution in [-0.4, -0.2) is 36.0 Å². The molecule has 0 fully saturated rings. The second-order valence-electron chi connectivity index (χ2n) is 7.63. The molecule has 2 aromatic carbocycles. The van der Waals surface area contributed by atoms with Crippen LogP contribution in [0, 0.1) is 0 Å². The molecule has 0 aliphatic carbocycles. The predicted molar refractivity (Wildman–Crippen MR) is 130 cm³/mol. The average molecular weight is 437 g/mol. The second kappa shape index (κ2) is 9.04. The molecule has 0 saturated carbocycles. The molecule has 0 bridgehead atoms. The molecule has 164 valence electrons. The molecule has 0 spiro atoms. The zero-order valence-electron chi connectivity index (χ0n) is 18.5. The quantitative estimate of drug-likeness (QED) is 0.376. The lowest BCUT2D eigenvalue weighted by Gasteiger charge is -2.14. The normalized spacial score (nSPS) is 11.9. The van der Waals surface area contributed by atoms with Crippen LogP contribution >= 0.6 is 0 Å². The maximum atomic E-state index is 4.72. The van der Waals surface area contributed by atoms with Gasteiger partial charge in [-0.1, -0.05) is 36.4 Å². The summed E-state index contributed by atoms with van der Waals surface area (Å²) in [5.74, 6) is 1.94. The standard InChI is InChI=1S/C25H24N8/c1-3-26-24-27-13-11-20(31-24)19-9-10-22-21(15-19)29-16-33(22)23-12-14-28-25(32-23)30-17(2)18-7-5-4-6-8-18/h4-17H,3H2,1-2H3,(H,26,27,31)(H,28,30,32). The van der Waals surface area contributed by atoms with Crippen molar-refractivity contribution in [1.29, 1.82) is 0 Å². The molecular weight excluding hydrogens is 412 g/mol. The lowest BCUT2D eigenvalue weighted by atomic mass is 10.1. The highest BCUT2D eigenvalue weighted by molar-refractivity contribution is 5.82. The average Bonchev–Trinajstić information content (AvgIpc) is 3.28. The van der Waals surface area contributed by atoms with E-state index in [-0.39, 0.29) is 6.04 Å². The first-order valence-electron chi connectivity index (χ1n) is 10.9. The number of hydrogen-bond acceptors (Lipinski definition) is 7. The third-order valence-corrected chi connectivity index (χ3v) is 5.37. The smallest absolute Gasteiger partial charge is 0.225 e. The Morgan fingerprint density at radius 3 is 2.55 bits per heavy atom. The number of hydrogen-bond donors (Lipinski definition) is 2. The molecule has 0 amide bonds. The number of imidazole rings is 1. The van der Waals surface area contributed by atoms with Gasteiger partial charge in [-0.3, -0.25) is 4.57 Å². The summed E-state index contributed by atoms with van der Waals surface area (Å²) in [6, 6.07) is 20.2. The van der Waals surface area contributed by atoms with Crippen LogP contribution in [0.2, 0.25) is 0 Å². The van der Waals surface area contributed by atoms with E-state index in [2.05, 4.69) is 49.6 Å². The van der Waals surface area contributed by atoms with Crippen molar-refractivity contribution < 1.29 is 0 Å². The first-order valence-corrected chi connectivity index (χ1v) is 10.9. The van der Waals surface area contributed by atoms with Gasteiger partial charge in [-0.2, -0.15) is 4.98 Å². The molecule has 1 atom stereocenters. The van der Waals surface area contributed by atoms with Crippen molar-refractivity contribution in [2.75, 3.05) is 17.2 Å². The van der Waals surface area contributed by atoms with E-state index in [1.807, 2.05) is 60.0 Å². The van der Waals surface area contributed by atoms with Gasteiger partial charge in [0.1, 0.15) is 12.1 Å². The summed E-state index contributed by atoms with van der Waals surface area (Å²) in [6.45, 7) is 4.88. The highest BCUT2D eigenvalue weighted by Gasteiger charge is 2.11. The summed E-state index contributed by atoms with van der Waals surface area (Å²) < 4.78 is 1.96. The van der Waals surface area contributed by atoms with Gasteiger partial charge >= 0.3 is 0 Å². The lowest BCUT2D eigenvalue weighted by Crippen LogP contribution is -2.10. The third-order valence-electron chi connectivity index (χ3n) is 5.37. The molecule has 5 aromatic rings. The summed E-state index contributed by atoms with van der Waals surface area (Å²) >= 11 is 0. The number of fused-ring (bicyclic) bond motifs is 1. The molecule has 3 aromatic heterocycles. The number of nitrogens with zero attached hydrogens (tertiary/aromatic N) is 6. The van der Waals surface area contributed by atoms with Crippen LogP contribution in [0.25, 0.3) is 28.1 Å². The Morgan fingerprint density at radius 2 is 1.70 bits per heavy atom.